The molecular formula is C25H32N4O4S. The van der Waals surface area contributed by atoms with Crippen molar-refractivity contribution in [1.29, 1.82) is 0 Å². The van der Waals surface area contributed by atoms with Crippen molar-refractivity contribution in [2.75, 3.05) is 44.0 Å². The number of hydrogen-bond donors (Lipinski definition) is 1. The number of hydrogen-bond acceptors (Lipinski definition) is 4. The number of benzene rings is 2. The summed E-state index contributed by atoms with van der Waals surface area (Å²) in [6.45, 7) is 7.46. The van der Waals surface area contributed by atoms with Crippen molar-refractivity contribution in [3.63, 3.8) is 0 Å². The smallest absolute Gasteiger partial charge is 0.320 e. The number of carbonyl (C=O) groups excluding carboxylic acids is 2. The van der Waals surface area contributed by atoms with Crippen molar-refractivity contribution in [2.45, 2.75) is 38.0 Å². The number of rotatable bonds is 4. The maximum absolute atomic E-state index is 12.9. The van der Waals surface area contributed by atoms with Gasteiger partial charge in [-0.2, -0.15) is 0 Å². The van der Waals surface area contributed by atoms with Crippen molar-refractivity contribution in [3.8, 4) is 0 Å². The number of piperazine rings is 1. The van der Waals surface area contributed by atoms with E-state index in [1.165, 1.54) is 18.6 Å². The third kappa shape index (κ3) is 5.35. The number of urea groups is 1. The van der Waals surface area contributed by atoms with Crippen LogP contribution in [0, 0.1) is 13.8 Å². The van der Waals surface area contributed by atoms with Gasteiger partial charge in [0.05, 0.1) is 4.90 Å². The molecule has 8 nitrogen and oxygen atoms in total. The van der Waals surface area contributed by atoms with Crippen LogP contribution in [0.25, 0.3) is 0 Å². The van der Waals surface area contributed by atoms with E-state index in [1.54, 1.807) is 29.2 Å². The highest BCUT2D eigenvalue weighted by Crippen LogP contribution is 2.20. The molecule has 0 saturated carbocycles. The van der Waals surface area contributed by atoms with E-state index in [4.69, 9.17) is 0 Å². The van der Waals surface area contributed by atoms with Crippen molar-refractivity contribution in [3.05, 3.63) is 59.2 Å². The Hall–Kier alpha value is -3.07. The molecule has 2 aromatic rings. The molecule has 1 N–H and O–H groups in total. The molecule has 2 heterocycles. The molecule has 3 amide bonds. The first-order chi connectivity index (χ1) is 16.2. The Kier molecular flexibility index (Phi) is 7.11. The van der Waals surface area contributed by atoms with Gasteiger partial charge in [-0.25, -0.2) is 13.2 Å². The van der Waals surface area contributed by atoms with E-state index in [0.29, 0.717) is 37.4 Å². The molecule has 0 unspecified atom stereocenters. The summed E-state index contributed by atoms with van der Waals surface area (Å²) in [5.41, 5.74) is 3.02. The Morgan fingerprint density at radius 2 is 1.32 bits per heavy atom. The zero-order valence-corrected chi connectivity index (χ0v) is 20.6. The summed E-state index contributed by atoms with van der Waals surface area (Å²) in [6, 6.07) is 11.4. The molecule has 9 heteroatoms. The molecule has 0 aromatic heterocycles. The summed E-state index contributed by atoms with van der Waals surface area (Å²) >= 11 is 0. The predicted molar refractivity (Wildman–Crippen MR) is 131 cm³/mol. The zero-order chi connectivity index (χ0) is 24.3. The Morgan fingerprint density at radius 3 is 1.94 bits per heavy atom. The van der Waals surface area contributed by atoms with Gasteiger partial charge in [-0.3, -0.25) is 9.52 Å². The molecule has 182 valence electrons. The number of aryl methyl sites for hydroxylation is 2. The zero-order valence-electron chi connectivity index (χ0n) is 19.8. The van der Waals surface area contributed by atoms with Gasteiger partial charge in [0.2, 0.25) is 0 Å². The van der Waals surface area contributed by atoms with Crippen LogP contribution in [-0.4, -0.2) is 74.3 Å². The number of nitrogens with one attached hydrogen (secondary N) is 1. The fourth-order valence-electron chi connectivity index (χ4n) is 4.36. The molecule has 2 aliphatic rings. The van der Waals surface area contributed by atoms with Crippen molar-refractivity contribution in [2.24, 2.45) is 0 Å². The number of likely N-dealkylation sites (tertiary alicyclic amines) is 1. The standard InChI is InChI=1S/C25H32N4O4S/c1-19-6-9-22(18-20(19)2)26-34(32,33)23-10-7-21(8-11-23)24(30)27-14-16-29(17-15-27)25(31)28-12-4-3-5-13-28/h6-11,18,26H,3-5,12-17H2,1-2H3. The first kappa shape index (κ1) is 24.1. The van der Waals surface area contributed by atoms with E-state index in [-0.39, 0.29) is 16.8 Å². The Bertz CT molecular complexity index is 1150. The Labute approximate surface area is 201 Å². The molecule has 2 fully saturated rings. The number of carbonyl (C=O) groups is 2. The minimum atomic E-state index is -3.76. The molecule has 0 bridgehead atoms. The van der Waals surface area contributed by atoms with Gasteiger partial charge in [-0.05, 0) is 80.6 Å². The third-order valence-corrected chi connectivity index (χ3v) is 8.03. The van der Waals surface area contributed by atoms with Gasteiger partial charge < -0.3 is 14.7 Å². The maximum Gasteiger partial charge on any atom is 0.320 e. The van der Waals surface area contributed by atoms with E-state index in [0.717, 1.165) is 37.1 Å². The van der Waals surface area contributed by atoms with E-state index < -0.39 is 10.0 Å². The minimum absolute atomic E-state index is 0.0672. The van der Waals surface area contributed by atoms with Crippen LogP contribution < -0.4 is 4.72 Å². The van der Waals surface area contributed by atoms with E-state index >= 15 is 0 Å². The summed E-state index contributed by atoms with van der Waals surface area (Å²) in [7, 11) is -3.76. The van der Waals surface area contributed by atoms with Gasteiger partial charge in [0.1, 0.15) is 0 Å². The van der Waals surface area contributed by atoms with Gasteiger partial charge >= 0.3 is 6.03 Å². The summed E-state index contributed by atoms with van der Waals surface area (Å²) in [6.07, 6.45) is 3.28. The molecule has 0 spiro atoms. The summed E-state index contributed by atoms with van der Waals surface area (Å²) in [5.74, 6) is -0.156. The van der Waals surface area contributed by atoms with Crippen LogP contribution in [0.5, 0.6) is 0 Å². The van der Waals surface area contributed by atoms with Crippen LogP contribution in [0.3, 0.4) is 0 Å². The molecular weight excluding hydrogens is 452 g/mol. The van der Waals surface area contributed by atoms with E-state index in [2.05, 4.69) is 4.72 Å². The molecule has 34 heavy (non-hydrogen) atoms. The number of sulfonamides is 1. The molecule has 0 atom stereocenters. The van der Waals surface area contributed by atoms with Crippen LogP contribution in [0.4, 0.5) is 10.5 Å². The monoisotopic (exact) mass is 484 g/mol. The van der Waals surface area contributed by atoms with Gasteiger partial charge in [0.25, 0.3) is 15.9 Å². The second kappa shape index (κ2) is 10.0. The second-order valence-electron chi connectivity index (χ2n) is 9.04. The van der Waals surface area contributed by atoms with E-state index in [9.17, 15) is 18.0 Å². The lowest BCUT2D eigenvalue weighted by Crippen LogP contribution is -2.54. The summed E-state index contributed by atoms with van der Waals surface area (Å²) < 4.78 is 28.1. The van der Waals surface area contributed by atoms with Gasteiger partial charge in [0.15, 0.2) is 0 Å². The normalized spacial score (nSPS) is 16.9. The van der Waals surface area contributed by atoms with Gasteiger partial charge in [0, 0.05) is 50.5 Å². The third-order valence-electron chi connectivity index (χ3n) is 6.63. The fraction of sp³-hybridized carbons (Fsp3) is 0.440. The number of nitrogens with zero attached hydrogens (tertiary/aromatic N) is 3. The maximum atomic E-state index is 12.9. The van der Waals surface area contributed by atoms with Crippen LogP contribution in [-0.2, 0) is 10.0 Å². The van der Waals surface area contributed by atoms with Gasteiger partial charge in [-0.1, -0.05) is 6.07 Å². The van der Waals surface area contributed by atoms with Crippen LogP contribution >= 0.6 is 0 Å². The number of amides is 3. The van der Waals surface area contributed by atoms with Crippen LogP contribution in [0.15, 0.2) is 47.4 Å². The second-order valence-corrected chi connectivity index (χ2v) is 10.7. The predicted octanol–water partition coefficient (Wildman–Crippen LogP) is 3.47. The van der Waals surface area contributed by atoms with Crippen molar-refractivity contribution >= 4 is 27.6 Å². The highest BCUT2D eigenvalue weighted by molar-refractivity contribution is 7.92. The molecule has 2 saturated heterocycles. The molecule has 2 aliphatic heterocycles. The largest absolute Gasteiger partial charge is 0.335 e. The minimum Gasteiger partial charge on any atom is -0.335 e. The van der Waals surface area contributed by atoms with Gasteiger partial charge in [-0.15, -0.1) is 0 Å². The highest BCUT2D eigenvalue weighted by atomic mass is 32.2. The number of piperidine rings is 1. The van der Waals surface area contributed by atoms with Crippen LogP contribution in [0.1, 0.15) is 40.7 Å². The topological polar surface area (TPSA) is 90.0 Å². The summed E-state index contributed by atoms with van der Waals surface area (Å²) in [5, 5.41) is 0. The molecule has 2 aromatic carbocycles. The fourth-order valence-corrected chi connectivity index (χ4v) is 5.41. The summed E-state index contributed by atoms with van der Waals surface area (Å²) in [4.78, 5) is 31.2. The number of anilines is 1. The molecule has 0 aliphatic carbocycles. The quantitative estimate of drug-likeness (QED) is 0.720. The highest BCUT2D eigenvalue weighted by Gasteiger charge is 2.28. The first-order valence-electron chi connectivity index (χ1n) is 11.8. The SMILES string of the molecule is Cc1ccc(NS(=O)(=O)c2ccc(C(=O)N3CCN(C(=O)N4CCCCC4)CC3)cc2)cc1C. The Morgan fingerprint density at radius 1 is 0.735 bits per heavy atom. The lowest BCUT2D eigenvalue weighted by atomic mass is 10.1. The van der Waals surface area contributed by atoms with E-state index in [1.807, 2.05) is 29.7 Å². The lowest BCUT2D eigenvalue weighted by molar-refractivity contribution is 0.0633. The molecule has 0 radical (unpaired) electrons. The van der Waals surface area contributed by atoms with Crippen LogP contribution in [0.2, 0.25) is 0 Å². The average molecular weight is 485 g/mol. The first-order valence-corrected chi connectivity index (χ1v) is 13.3. The van der Waals surface area contributed by atoms with Crippen molar-refractivity contribution < 1.29 is 18.0 Å². The molecule has 4 rings (SSSR count). The average Bonchev–Trinajstić information content (AvgIpc) is 2.86. The van der Waals surface area contributed by atoms with Crippen molar-refractivity contribution in [1.82, 2.24) is 14.7 Å². The Balaban J connectivity index is 1.35. The lowest BCUT2D eigenvalue weighted by Gasteiger charge is -2.38.